The summed E-state index contributed by atoms with van der Waals surface area (Å²) in [5.74, 6) is 0. The molecule has 0 aliphatic carbocycles. The summed E-state index contributed by atoms with van der Waals surface area (Å²) in [6.07, 6.45) is 0. The summed E-state index contributed by atoms with van der Waals surface area (Å²) in [5, 5.41) is 2.71. The summed E-state index contributed by atoms with van der Waals surface area (Å²) in [4.78, 5) is 0. The van der Waals surface area contributed by atoms with Crippen molar-refractivity contribution in [1.82, 2.24) is 0 Å². The first kappa shape index (κ1) is 10.5. The molecule has 0 bridgehead atoms. The van der Waals surface area contributed by atoms with Crippen molar-refractivity contribution in [2.24, 2.45) is 0 Å². The predicted octanol–water partition coefficient (Wildman–Crippen LogP) is 3.45. The van der Waals surface area contributed by atoms with Gasteiger partial charge in [0.05, 0.1) is 0 Å². The normalized spacial score (nSPS) is 9.69. The van der Waals surface area contributed by atoms with Gasteiger partial charge in [0.15, 0.2) is 0 Å². The van der Waals surface area contributed by atoms with E-state index in [1.54, 1.807) is 0 Å². The molecule has 1 radical (unpaired) electrons. The first-order chi connectivity index (χ1) is 5.79. The van der Waals surface area contributed by atoms with Crippen LogP contribution in [0.2, 0.25) is 0 Å². The van der Waals surface area contributed by atoms with Gasteiger partial charge in [0.25, 0.3) is 0 Å². The van der Waals surface area contributed by atoms with Crippen molar-refractivity contribution in [2.75, 3.05) is 0 Å². The molecular weight excluding hydrogens is 341 g/mol. The zero-order valence-corrected chi connectivity index (χ0v) is 9.93. The number of hydrogen-bond donors (Lipinski definition) is 0. The summed E-state index contributed by atoms with van der Waals surface area (Å²) in [7, 11) is 0. The summed E-state index contributed by atoms with van der Waals surface area (Å²) in [6, 6.07) is 12.9. The van der Waals surface area contributed by atoms with Gasteiger partial charge in [-0.2, -0.15) is 0 Å². The van der Waals surface area contributed by atoms with E-state index in [-0.39, 0.29) is 22.4 Å². The topological polar surface area (TPSA) is 0 Å². The van der Waals surface area contributed by atoms with Crippen LogP contribution in [0.5, 0.6) is 0 Å². The SMILES string of the molecule is Cc1ccc2ccccc2c1C.[Au]. The van der Waals surface area contributed by atoms with Gasteiger partial charge in [0.1, 0.15) is 0 Å². The molecule has 2 aromatic rings. The first-order valence-corrected chi connectivity index (χ1v) is 4.24. The van der Waals surface area contributed by atoms with Gasteiger partial charge in [0, 0.05) is 22.4 Å². The predicted molar refractivity (Wildman–Crippen MR) is 53.4 cm³/mol. The van der Waals surface area contributed by atoms with Crippen LogP contribution in [0.25, 0.3) is 10.8 Å². The average Bonchev–Trinajstić information content (AvgIpc) is 2.12. The van der Waals surface area contributed by atoms with Crippen LogP contribution in [-0.2, 0) is 22.4 Å². The Kier molecular flexibility index (Phi) is 3.32. The van der Waals surface area contributed by atoms with E-state index in [1.165, 1.54) is 21.9 Å². The van der Waals surface area contributed by atoms with Crippen molar-refractivity contribution < 1.29 is 22.4 Å². The number of rotatable bonds is 0. The van der Waals surface area contributed by atoms with Gasteiger partial charge in [-0.05, 0) is 35.7 Å². The molecule has 0 nitrogen and oxygen atoms in total. The van der Waals surface area contributed by atoms with Gasteiger partial charge in [-0.1, -0.05) is 36.4 Å². The molecule has 0 fully saturated rings. The van der Waals surface area contributed by atoms with Crippen LogP contribution in [0.1, 0.15) is 11.1 Å². The number of fused-ring (bicyclic) bond motifs is 1. The number of benzene rings is 2. The number of aryl methyl sites for hydroxylation is 2. The van der Waals surface area contributed by atoms with Crippen LogP contribution in [0.15, 0.2) is 36.4 Å². The van der Waals surface area contributed by atoms with E-state index < -0.39 is 0 Å². The second kappa shape index (κ2) is 4.10. The molecule has 2 rings (SSSR count). The Morgan fingerprint density at radius 2 is 1.54 bits per heavy atom. The van der Waals surface area contributed by atoms with Crippen LogP contribution in [-0.4, -0.2) is 0 Å². The first-order valence-electron chi connectivity index (χ1n) is 4.24. The van der Waals surface area contributed by atoms with E-state index in [0.717, 1.165) is 0 Å². The molecule has 0 saturated carbocycles. The quantitative estimate of drug-likeness (QED) is 0.637. The standard InChI is InChI=1S/C12H12.Au/c1-9-7-8-11-5-3-4-6-12(11)10(9)2;/h3-8H,1-2H3;. The Labute approximate surface area is 94.5 Å². The van der Waals surface area contributed by atoms with Crippen LogP contribution >= 0.6 is 0 Å². The molecule has 0 aliphatic heterocycles. The fourth-order valence-corrected chi connectivity index (χ4v) is 1.54. The summed E-state index contributed by atoms with van der Waals surface area (Å²) in [5.41, 5.74) is 2.77. The van der Waals surface area contributed by atoms with Crippen molar-refractivity contribution >= 4 is 10.8 Å². The average molecular weight is 353 g/mol. The van der Waals surface area contributed by atoms with Gasteiger partial charge in [-0.25, -0.2) is 0 Å². The molecule has 1 heteroatoms. The van der Waals surface area contributed by atoms with Crippen LogP contribution in [0.3, 0.4) is 0 Å². The molecule has 0 saturated heterocycles. The smallest absolute Gasteiger partial charge is 0 e. The minimum Gasteiger partial charge on any atom is -0.0616 e. The molecule has 71 valence electrons. The maximum absolute atomic E-state index is 2.18. The molecule has 0 spiro atoms. The van der Waals surface area contributed by atoms with Crippen LogP contribution in [0.4, 0.5) is 0 Å². The molecule has 0 atom stereocenters. The number of hydrogen-bond acceptors (Lipinski definition) is 0. The third-order valence-electron chi connectivity index (χ3n) is 2.47. The molecule has 2 aromatic carbocycles. The van der Waals surface area contributed by atoms with E-state index in [4.69, 9.17) is 0 Å². The van der Waals surface area contributed by atoms with Gasteiger partial charge < -0.3 is 0 Å². The summed E-state index contributed by atoms with van der Waals surface area (Å²) in [6.45, 7) is 4.33. The Morgan fingerprint density at radius 3 is 2.31 bits per heavy atom. The van der Waals surface area contributed by atoms with Gasteiger partial charge >= 0.3 is 0 Å². The van der Waals surface area contributed by atoms with Crippen molar-refractivity contribution in [2.45, 2.75) is 13.8 Å². The van der Waals surface area contributed by atoms with E-state index >= 15 is 0 Å². The maximum Gasteiger partial charge on any atom is 0 e. The van der Waals surface area contributed by atoms with Crippen molar-refractivity contribution in [1.29, 1.82) is 0 Å². The molecule has 0 N–H and O–H groups in total. The van der Waals surface area contributed by atoms with E-state index in [9.17, 15) is 0 Å². The molecule has 0 unspecified atom stereocenters. The Bertz CT molecular complexity index is 418. The summed E-state index contributed by atoms with van der Waals surface area (Å²) < 4.78 is 0. The second-order valence-corrected chi connectivity index (χ2v) is 3.23. The van der Waals surface area contributed by atoms with Crippen molar-refractivity contribution in [3.63, 3.8) is 0 Å². The maximum atomic E-state index is 2.18. The van der Waals surface area contributed by atoms with Crippen molar-refractivity contribution in [3.05, 3.63) is 47.5 Å². The van der Waals surface area contributed by atoms with E-state index in [2.05, 4.69) is 50.2 Å². The zero-order valence-electron chi connectivity index (χ0n) is 7.77. The fraction of sp³-hybridized carbons (Fsp3) is 0.167. The Morgan fingerprint density at radius 1 is 0.846 bits per heavy atom. The summed E-state index contributed by atoms with van der Waals surface area (Å²) >= 11 is 0. The molecule has 13 heavy (non-hydrogen) atoms. The Hall–Kier alpha value is -0.560. The zero-order chi connectivity index (χ0) is 8.55. The molecule has 0 aliphatic rings. The molecule has 0 amide bonds. The monoisotopic (exact) mass is 353 g/mol. The molecule has 0 heterocycles. The van der Waals surface area contributed by atoms with Crippen LogP contribution in [0, 0.1) is 13.8 Å². The minimum absolute atomic E-state index is 0. The van der Waals surface area contributed by atoms with Gasteiger partial charge in [0.2, 0.25) is 0 Å². The minimum atomic E-state index is 0. The van der Waals surface area contributed by atoms with Crippen molar-refractivity contribution in [3.8, 4) is 0 Å². The second-order valence-electron chi connectivity index (χ2n) is 3.23. The Balaban J connectivity index is 0.000000845. The fourth-order valence-electron chi connectivity index (χ4n) is 1.54. The third kappa shape index (κ3) is 1.86. The largest absolute Gasteiger partial charge is 0.0616 e. The third-order valence-corrected chi connectivity index (χ3v) is 2.47. The van der Waals surface area contributed by atoms with E-state index in [1.807, 2.05) is 0 Å². The van der Waals surface area contributed by atoms with E-state index in [0.29, 0.717) is 0 Å². The van der Waals surface area contributed by atoms with Crippen LogP contribution < -0.4 is 0 Å². The van der Waals surface area contributed by atoms with Gasteiger partial charge in [-0.3, -0.25) is 0 Å². The molecule has 0 aromatic heterocycles. The van der Waals surface area contributed by atoms with Gasteiger partial charge in [-0.15, -0.1) is 0 Å². The molecular formula is C12H12Au.